The number of carbonyl (C=O) groups is 2. The third-order valence-corrected chi connectivity index (χ3v) is 3.54. The molecule has 0 radical (unpaired) electrons. The Balaban J connectivity index is 2.73. The predicted octanol–water partition coefficient (Wildman–Crippen LogP) is 1.86. The molecule has 2 atom stereocenters. The molecule has 0 aromatic heterocycles. The lowest BCUT2D eigenvalue weighted by Crippen LogP contribution is -2.51. The maximum absolute atomic E-state index is 13.7. The highest BCUT2D eigenvalue weighted by atomic mass is 19.1. The van der Waals surface area contributed by atoms with Crippen LogP contribution in [0.15, 0.2) is 24.3 Å². The van der Waals surface area contributed by atoms with Gasteiger partial charge in [0.05, 0.1) is 5.56 Å². The average Bonchev–Trinajstić information content (AvgIpc) is 2.50. The summed E-state index contributed by atoms with van der Waals surface area (Å²) in [5, 5.41) is 14.2. The summed E-state index contributed by atoms with van der Waals surface area (Å²) in [5.74, 6) is -1.69. The summed E-state index contributed by atoms with van der Waals surface area (Å²) in [5.41, 5.74) is -0.0840. The van der Waals surface area contributed by atoms with E-state index in [1.165, 1.54) is 18.2 Å². The van der Waals surface area contributed by atoms with Crippen LogP contribution in [-0.2, 0) is 4.79 Å². The van der Waals surface area contributed by atoms with Crippen molar-refractivity contribution < 1.29 is 19.1 Å². The summed E-state index contributed by atoms with van der Waals surface area (Å²) in [6, 6.07) is 4.79. The largest absolute Gasteiger partial charge is 0.396 e. The molecule has 0 saturated heterocycles. The van der Waals surface area contributed by atoms with E-state index in [4.69, 9.17) is 5.11 Å². The number of nitrogens with one attached hydrogen (secondary N) is 2. The van der Waals surface area contributed by atoms with E-state index in [1.54, 1.807) is 6.07 Å². The number of rotatable bonds is 8. The number of amides is 2. The molecule has 2 unspecified atom stereocenters. The average molecular weight is 324 g/mol. The first-order chi connectivity index (χ1) is 10.9. The molecule has 0 fully saturated rings. The highest BCUT2D eigenvalue weighted by Crippen LogP contribution is 2.09. The molecule has 0 heterocycles. The van der Waals surface area contributed by atoms with Crippen molar-refractivity contribution in [1.29, 1.82) is 0 Å². The third-order valence-electron chi connectivity index (χ3n) is 3.54. The number of benzene rings is 1. The van der Waals surface area contributed by atoms with Crippen LogP contribution < -0.4 is 10.6 Å². The van der Waals surface area contributed by atoms with Gasteiger partial charge in [-0.3, -0.25) is 9.59 Å². The number of aliphatic hydroxyl groups excluding tert-OH is 1. The van der Waals surface area contributed by atoms with Crippen molar-refractivity contribution in [3.63, 3.8) is 0 Å². The lowest BCUT2D eigenvalue weighted by atomic mass is 10.0. The van der Waals surface area contributed by atoms with Gasteiger partial charge in [0.1, 0.15) is 11.9 Å². The molecule has 2 amide bonds. The molecule has 3 N–H and O–H groups in total. The molecule has 0 aliphatic carbocycles. The molecule has 0 bridgehead atoms. The van der Waals surface area contributed by atoms with Gasteiger partial charge >= 0.3 is 0 Å². The van der Waals surface area contributed by atoms with Crippen molar-refractivity contribution >= 4 is 11.8 Å². The van der Waals surface area contributed by atoms with E-state index in [2.05, 4.69) is 10.6 Å². The summed E-state index contributed by atoms with van der Waals surface area (Å²) in [4.78, 5) is 24.5. The Labute approximate surface area is 136 Å². The monoisotopic (exact) mass is 324 g/mol. The second kappa shape index (κ2) is 9.25. The molecule has 0 aliphatic heterocycles. The van der Waals surface area contributed by atoms with E-state index < -0.39 is 17.8 Å². The normalized spacial score (nSPS) is 13.5. The lowest BCUT2D eigenvalue weighted by molar-refractivity contribution is -0.124. The van der Waals surface area contributed by atoms with E-state index in [9.17, 15) is 14.0 Å². The Morgan fingerprint density at radius 3 is 2.39 bits per heavy atom. The van der Waals surface area contributed by atoms with Crippen LogP contribution in [0.4, 0.5) is 4.39 Å². The minimum absolute atomic E-state index is 0.0673. The van der Waals surface area contributed by atoms with Crippen LogP contribution in [-0.4, -0.2) is 35.6 Å². The minimum atomic E-state index is -0.751. The number of halogens is 1. The maximum atomic E-state index is 13.7. The van der Waals surface area contributed by atoms with E-state index in [-0.39, 0.29) is 30.0 Å². The molecule has 1 rings (SSSR count). The SMILES string of the molecule is CC(CCCO)NC(=O)C(NC(=O)c1ccccc1F)C(C)C. The Morgan fingerprint density at radius 1 is 1.17 bits per heavy atom. The molecular formula is C17H25FN2O3. The summed E-state index contributed by atoms with van der Waals surface area (Å²) >= 11 is 0. The third kappa shape index (κ3) is 5.98. The highest BCUT2D eigenvalue weighted by molar-refractivity contribution is 5.97. The van der Waals surface area contributed by atoms with Gasteiger partial charge in [-0.2, -0.15) is 0 Å². The minimum Gasteiger partial charge on any atom is -0.396 e. The fraction of sp³-hybridized carbons (Fsp3) is 0.529. The summed E-state index contributed by atoms with van der Waals surface area (Å²) in [6.45, 7) is 5.52. The van der Waals surface area contributed by atoms with E-state index >= 15 is 0 Å². The second-order valence-electron chi connectivity index (χ2n) is 5.95. The van der Waals surface area contributed by atoms with Gasteiger partial charge in [-0.05, 0) is 37.8 Å². The van der Waals surface area contributed by atoms with Gasteiger partial charge in [-0.25, -0.2) is 4.39 Å². The first kappa shape index (κ1) is 19.1. The first-order valence-electron chi connectivity index (χ1n) is 7.83. The van der Waals surface area contributed by atoms with Crippen LogP contribution in [0, 0.1) is 11.7 Å². The molecule has 0 saturated carbocycles. The molecule has 1 aromatic rings. The van der Waals surface area contributed by atoms with Gasteiger partial charge in [0, 0.05) is 12.6 Å². The van der Waals surface area contributed by atoms with Gasteiger partial charge in [0.15, 0.2) is 0 Å². The van der Waals surface area contributed by atoms with E-state index in [0.717, 1.165) is 0 Å². The molecule has 23 heavy (non-hydrogen) atoms. The van der Waals surface area contributed by atoms with Crippen molar-refractivity contribution in [2.45, 2.75) is 45.7 Å². The van der Waals surface area contributed by atoms with Crippen LogP contribution in [0.2, 0.25) is 0 Å². The Bertz CT molecular complexity index is 534. The van der Waals surface area contributed by atoms with Crippen LogP contribution in [0.5, 0.6) is 0 Å². The van der Waals surface area contributed by atoms with Crippen molar-refractivity contribution in [1.82, 2.24) is 10.6 Å². The highest BCUT2D eigenvalue weighted by Gasteiger charge is 2.26. The zero-order valence-corrected chi connectivity index (χ0v) is 13.8. The van der Waals surface area contributed by atoms with Crippen molar-refractivity contribution in [2.75, 3.05) is 6.61 Å². The Morgan fingerprint density at radius 2 is 1.83 bits per heavy atom. The van der Waals surface area contributed by atoms with Crippen molar-refractivity contribution in [3.8, 4) is 0 Å². The van der Waals surface area contributed by atoms with Gasteiger partial charge in [0.25, 0.3) is 5.91 Å². The number of hydrogen-bond donors (Lipinski definition) is 3. The maximum Gasteiger partial charge on any atom is 0.254 e. The molecular weight excluding hydrogens is 299 g/mol. The zero-order chi connectivity index (χ0) is 17.4. The Kier molecular flexibility index (Phi) is 7.68. The fourth-order valence-corrected chi connectivity index (χ4v) is 2.20. The summed E-state index contributed by atoms with van der Waals surface area (Å²) < 4.78 is 13.7. The Hall–Kier alpha value is -1.95. The molecule has 6 heteroatoms. The van der Waals surface area contributed by atoms with Gasteiger partial charge < -0.3 is 15.7 Å². The van der Waals surface area contributed by atoms with E-state index in [1.807, 2.05) is 20.8 Å². The molecule has 0 aliphatic rings. The predicted molar refractivity (Wildman–Crippen MR) is 86.4 cm³/mol. The second-order valence-corrected chi connectivity index (χ2v) is 5.95. The van der Waals surface area contributed by atoms with Crippen molar-refractivity contribution in [3.05, 3.63) is 35.6 Å². The topological polar surface area (TPSA) is 78.4 Å². The van der Waals surface area contributed by atoms with Crippen LogP contribution in [0.25, 0.3) is 0 Å². The fourth-order valence-electron chi connectivity index (χ4n) is 2.20. The van der Waals surface area contributed by atoms with Crippen LogP contribution in [0.3, 0.4) is 0 Å². The van der Waals surface area contributed by atoms with Crippen LogP contribution in [0.1, 0.15) is 44.0 Å². The van der Waals surface area contributed by atoms with Crippen molar-refractivity contribution in [2.24, 2.45) is 5.92 Å². The zero-order valence-electron chi connectivity index (χ0n) is 13.8. The molecule has 1 aromatic carbocycles. The first-order valence-corrected chi connectivity index (χ1v) is 7.83. The molecule has 0 spiro atoms. The molecule has 128 valence electrons. The standard InChI is InChI=1S/C17H25FN2O3/c1-11(2)15(17(23)19-12(3)7-6-10-21)20-16(22)13-8-4-5-9-14(13)18/h4-5,8-9,11-12,15,21H,6-7,10H2,1-3H3,(H,19,23)(H,20,22). The van der Waals surface area contributed by atoms with Gasteiger partial charge in [-0.1, -0.05) is 26.0 Å². The number of carbonyl (C=O) groups excluding carboxylic acids is 2. The van der Waals surface area contributed by atoms with Crippen LogP contribution >= 0.6 is 0 Å². The van der Waals surface area contributed by atoms with Gasteiger partial charge in [-0.15, -0.1) is 0 Å². The van der Waals surface area contributed by atoms with E-state index in [0.29, 0.717) is 12.8 Å². The lowest BCUT2D eigenvalue weighted by Gasteiger charge is -2.24. The summed E-state index contributed by atoms with van der Waals surface area (Å²) in [7, 11) is 0. The number of aliphatic hydroxyl groups is 1. The smallest absolute Gasteiger partial charge is 0.254 e. The van der Waals surface area contributed by atoms with Gasteiger partial charge in [0.2, 0.25) is 5.91 Å². The molecule has 5 nitrogen and oxygen atoms in total. The number of hydrogen-bond acceptors (Lipinski definition) is 3. The quantitative estimate of drug-likeness (QED) is 0.683. The summed E-state index contributed by atoms with van der Waals surface area (Å²) in [6.07, 6.45) is 1.24.